The molecule has 0 spiro atoms. The second-order valence-corrected chi connectivity index (χ2v) is 9.79. The molecule has 2 fully saturated rings. The summed E-state index contributed by atoms with van der Waals surface area (Å²) in [6, 6.07) is 15.8. The molecule has 1 unspecified atom stereocenters. The summed E-state index contributed by atoms with van der Waals surface area (Å²) in [7, 11) is 3.33. The lowest BCUT2D eigenvalue weighted by atomic mass is 9.88. The number of ether oxygens (including phenoxy) is 1. The van der Waals surface area contributed by atoms with Crippen molar-refractivity contribution < 1.29 is 24.2 Å². The molecule has 2 saturated heterocycles. The molecular weight excluding hydrogens is 446 g/mol. The van der Waals surface area contributed by atoms with E-state index in [1.807, 2.05) is 30.3 Å². The highest BCUT2D eigenvalue weighted by molar-refractivity contribution is 6.00. The summed E-state index contributed by atoms with van der Waals surface area (Å²) >= 11 is 0. The highest BCUT2D eigenvalue weighted by atomic mass is 16.5. The largest absolute Gasteiger partial charge is 0.384 e. The van der Waals surface area contributed by atoms with E-state index in [9.17, 15) is 19.5 Å². The Morgan fingerprint density at radius 2 is 1.83 bits per heavy atom. The molecule has 0 saturated carbocycles. The van der Waals surface area contributed by atoms with E-state index in [4.69, 9.17) is 4.74 Å². The second-order valence-electron chi connectivity index (χ2n) is 9.79. The summed E-state index contributed by atoms with van der Waals surface area (Å²) < 4.78 is 5.88. The minimum Gasteiger partial charge on any atom is -0.384 e. The van der Waals surface area contributed by atoms with Gasteiger partial charge >= 0.3 is 0 Å². The van der Waals surface area contributed by atoms with E-state index in [1.54, 1.807) is 50.2 Å². The predicted octanol–water partition coefficient (Wildman–Crippen LogP) is 2.03. The van der Waals surface area contributed by atoms with Gasteiger partial charge in [-0.05, 0) is 43.5 Å². The Balaban J connectivity index is 1.48. The number of rotatable bonds is 6. The average Bonchev–Trinajstić information content (AvgIpc) is 3.35. The van der Waals surface area contributed by atoms with Gasteiger partial charge in [-0.15, -0.1) is 0 Å². The summed E-state index contributed by atoms with van der Waals surface area (Å²) in [6.45, 7) is 2.52. The van der Waals surface area contributed by atoms with Crippen LogP contribution in [0, 0.1) is 5.92 Å². The van der Waals surface area contributed by atoms with Gasteiger partial charge in [-0.25, -0.2) is 0 Å². The first-order valence-corrected chi connectivity index (χ1v) is 12.0. The molecule has 2 N–H and O–H groups in total. The van der Waals surface area contributed by atoms with E-state index < -0.39 is 11.5 Å². The van der Waals surface area contributed by atoms with Crippen LogP contribution in [0.3, 0.4) is 0 Å². The van der Waals surface area contributed by atoms with Gasteiger partial charge in [-0.2, -0.15) is 0 Å². The molecule has 3 amide bonds. The fourth-order valence-electron chi connectivity index (χ4n) is 4.88. The molecule has 8 nitrogen and oxygen atoms in total. The lowest BCUT2D eigenvalue weighted by Gasteiger charge is -2.40. The van der Waals surface area contributed by atoms with Crippen LogP contribution in [-0.2, 0) is 15.1 Å². The van der Waals surface area contributed by atoms with Gasteiger partial charge in [0.1, 0.15) is 5.60 Å². The van der Waals surface area contributed by atoms with Gasteiger partial charge in [0.05, 0.1) is 24.6 Å². The minimum absolute atomic E-state index is 0.0595. The maximum atomic E-state index is 13.5. The van der Waals surface area contributed by atoms with Crippen LogP contribution < -0.4 is 5.32 Å². The molecule has 35 heavy (non-hydrogen) atoms. The molecule has 0 radical (unpaired) electrons. The lowest BCUT2D eigenvalue weighted by Crippen LogP contribution is -2.55. The van der Waals surface area contributed by atoms with Crippen molar-refractivity contribution >= 4 is 17.7 Å². The number of fused-ring (bicyclic) bond motifs is 1. The van der Waals surface area contributed by atoms with Gasteiger partial charge in [-0.3, -0.25) is 14.4 Å². The van der Waals surface area contributed by atoms with Gasteiger partial charge in [0, 0.05) is 38.4 Å². The Morgan fingerprint density at radius 3 is 2.54 bits per heavy atom. The van der Waals surface area contributed by atoms with E-state index >= 15 is 0 Å². The smallest absolute Gasteiger partial charge is 0.254 e. The number of benzene rings is 2. The number of aliphatic hydroxyl groups is 1. The molecule has 2 aromatic rings. The highest BCUT2D eigenvalue weighted by Crippen LogP contribution is 2.33. The Kier molecular flexibility index (Phi) is 7.23. The molecule has 4 atom stereocenters. The van der Waals surface area contributed by atoms with Crippen molar-refractivity contribution in [3.05, 3.63) is 71.3 Å². The van der Waals surface area contributed by atoms with E-state index in [-0.39, 0.29) is 43.0 Å². The summed E-state index contributed by atoms with van der Waals surface area (Å²) in [5.41, 5.74) is 0.352. The Morgan fingerprint density at radius 1 is 1.11 bits per heavy atom. The number of likely N-dealkylation sites (tertiary alicyclic amines) is 1. The van der Waals surface area contributed by atoms with Crippen molar-refractivity contribution in [2.75, 3.05) is 33.8 Å². The summed E-state index contributed by atoms with van der Waals surface area (Å²) in [5.74, 6) is -1.07. The number of hydrogen-bond donors (Lipinski definition) is 2. The molecule has 2 heterocycles. The fraction of sp³-hybridized carbons (Fsp3) is 0.444. The Hall–Kier alpha value is -3.23. The Bertz CT molecular complexity index is 1090. The van der Waals surface area contributed by atoms with Crippen molar-refractivity contribution in [3.63, 3.8) is 0 Å². The molecule has 0 aliphatic carbocycles. The number of nitrogens with one attached hydrogen (secondary N) is 1. The number of carbonyl (C=O) groups excluding carboxylic acids is 3. The summed E-state index contributed by atoms with van der Waals surface area (Å²) in [5, 5.41) is 13.7. The first kappa shape index (κ1) is 24.9. The number of carbonyl (C=O) groups is 3. The molecule has 0 aromatic heterocycles. The summed E-state index contributed by atoms with van der Waals surface area (Å²) in [4.78, 5) is 42.2. The molecular formula is C27H33N3O5. The quantitative estimate of drug-likeness (QED) is 0.661. The first-order chi connectivity index (χ1) is 16.7. The van der Waals surface area contributed by atoms with Gasteiger partial charge < -0.3 is 25.0 Å². The van der Waals surface area contributed by atoms with Crippen LogP contribution in [0.2, 0.25) is 0 Å². The third-order valence-corrected chi connectivity index (χ3v) is 6.91. The van der Waals surface area contributed by atoms with E-state index in [0.29, 0.717) is 36.1 Å². The fourth-order valence-corrected chi connectivity index (χ4v) is 4.88. The topological polar surface area (TPSA) is 99.2 Å². The number of amides is 3. The molecule has 2 aromatic carbocycles. The van der Waals surface area contributed by atoms with Crippen LogP contribution in [0.25, 0.3) is 0 Å². The first-order valence-electron chi connectivity index (χ1n) is 12.0. The normalized spacial score (nSPS) is 23.2. The molecule has 186 valence electrons. The zero-order valence-electron chi connectivity index (χ0n) is 20.4. The molecule has 4 rings (SSSR count). The van der Waals surface area contributed by atoms with Crippen molar-refractivity contribution in [1.29, 1.82) is 0 Å². The van der Waals surface area contributed by atoms with Crippen LogP contribution in [0.4, 0.5) is 0 Å². The van der Waals surface area contributed by atoms with Crippen LogP contribution in [0.1, 0.15) is 46.0 Å². The molecule has 2 aliphatic heterocycles. The second kappa shape index (κ2) is 10.2. The molecule has 0 bridgehead atoms. The number of nitrogens with zero attached hydrogens (tertiary/aromatic N) is 2. The standard InChI is InChI=1S/C27H33N3O5/c1-27(34,21-10-5-4-6-11-21)17-28-24(31)20-15-23-22(12-13-35-23)30(16-20)26(33)19-9-7-8-18(14-19)25(32)29(2)3/h4-11,14,20,22-23,34H,12-13,15-17H2,1-3H3,(H,28,31)/t20-,22+,23+,27?/m0/s1. The molecule has 8 heteroatoms. The Labute approximate surface area is 205 Å². The number of piperidine rings is 1. The number of hydrogen-bond acceptors (Lipinski definition) is 5. The van der Waals surface area contributed by atoms with E-state index in [1.165, 1.54) is 4.90 Å². The lowest BCUT2D eigenvalue weighted by molar-refractivity contribution is -0.129. The monoisotopic (exact) mass is 479 g/mol. The highest BCUT2D eigenvalue weighted by Gasteiger charge is 2.44. The maximum Gasteiger partial charge on any atom is 0.254 e. The third kappa shape index (κ3) is 5.39. The van der Waals surface area contributed by atoms with Crippen molar-refractivity contribution in [1.82, 2.24) is 15.1 Å². The maximum absolute atomic E-state index is 13.5. The van der Waals surface area contributed by atoms with Crippen molar-refractivity contribution in [2.24, 2.45) is 5.92 Å². The van der Waals surface area contributed by atoms with E-state index in [0.717, 1.165) is 0 Å². The third-order valence-electron chi connectivity index (χ3n) is 6.91. The SMILES string of the molecule is CN(C)C(=O)c1cccc(C(=O)N2C[C@@H](C(=O)NCC(C)(O)c3ccccc3)C[C@H]3OCC[C@H]32)c1. The van der Waals surface area contributed by atoms with Gasteiger partial charge in [0.25, 0.3) is 11.8 Å². The van der Waals surface area contributed by atoms with Crippen LogP contribution in [-0.4, -0.2) is 78.6 Å². The van der Waals surface area contributed by atoms with Crippen molar-refractivity contribution in [3.8, 4) is 0 Å². The van der Waals surface area contributed by atoms with Gasteiger partial charge in [0.2, 0.25) is 5.91 Å². The van der Waals surface area contributed by atoms with E-state index in [2.05, 4.69) is 5.32 Å². The average molecular weight is 480 g/mol. The van der Waals surface area contributed by atoms with Crippen LogP contribution >= 0.6 is 0 Å². The zero-order chi connectivity index (χ0) is 25.2. The predicted molar refractivity (Wildman–Crippen MR) is 131 cm³/mol. The summed E-state index contributed by atoms with van der Waals surface area (Å²) in [6.07, 6.45) is 1.01. The van der Waals surface area contributed by atoms with Crippen molar-refractivity contribution in [2.45, 2.75) is 37.5 Å². The zero-order valence-corrected chi connectivity index (χ0v) is 20.4. The van der Waals surface area contributed by atoms with Gasteiger partial charge in [-0.1, -0.05) is 36.4 Å². The van der Waals surface area contributed by atoms with Crippen LogP contribution in [0.5, 0.6) is 0 Å². The minimum atomic E-state index is -1.22. The van der Waals surface area contributed by atoms with Crippen LogP contribution in [0.15, 0.2) is 54.6 Å². The molecule has 2 aliphatic rings. The van der Waals surface area contributed by atoms with Gasteiger partial charge in [0.15, 0.2) is 0 Å².